The summed E-state index contributed by atoms with van der Waals surface area (Å²) in [5.74, 6) is -0.426. The van der Waals surface area contributed by atoms with E-state index < -0.39 is 5.97 Å². The highest BCUT2D eigenvalue weighted by Crippen LogP contribution is 2.24. The molecule has 5 heteroatoms. The molecule has 0 bridgehead atoms. The zero-order chi connectivity index (χ0) is 15.7. The highest BCUT2D eigenvalue weighted by molar-refractivity contribution is 7.98. The zero-order valence-corrected chi connectivity index (χ0v) is 13.0. The zero-order valence-electron chi connectivity index (χ0n) is 12.2. The third-order valence-electron chi connectivity index (χ3n) is 3.39. The molecule has 0 amide bonds. The van der Waals surface area contributed by atoms with Crippen molar-refractivity contribution >= 4 is 39.7 Å². The first-order valence-electron chi connectivity index (χ1n) is 6.85. The van der Waals surface area contributed by atoms with Gasteiger partial charge >= 0.3 is 5.97 Å². The predicted octanol–water partition coefficient (Wildman–Crippen LogP) is 3.84. The number of esters is 1. The molecule has 4 nitrogen and oxygen atoms in total. The Kier molecular flexibility index (Phi) is 3.90. The van der Waals surface area contributed by atoms with Crippen LogP contribution in [0.15, 0.2) is 50.5 Å². The Morgan fingerprint density at radius 1 is 1.14 bits per heavy atom. The van der Waals surface area contributed by atoms with Gasteiger partial charge in [-0.05, 0) is 49.6 Å². The molecule has 1 heterocycles. The van der Waals surface area contributed by atoms with Crippen LogP contribution in [-0.4, -0.2) is 18.8 Å². The van der Waals surface area contributed by atoms with E-state index in [1.807, 2.05) is 18.4 Å². The van der Waals surface area contributed by atoms with Crippen LogP contribution < -0.4 is 5.43 Å². The van der Waals surface area contributed by atoms with Crippen molar-refractivity contribution < 1.29 is 13.9 Å². The fraction of sp³-hybridized carbons (Fsp3) is 0.176. The average Bonchev–Trinajstić information content (AvgIpc) is 2.54. The minimum Gasteiger partial charge on any atom is -0.462 e. The summed E-state index contributed by atoms with van der Waals surface area (Å²) in [5, 5.41) is 1.00. The lowest BCUT2D eigenvalue weighted by Crippen LogP contribution is -2.06. The summed E-state index contributed by atoms with van der Waals surface area (Å²) in [6.45, 7) is 2.05. The second-order valence-electron chi connectivity index (χ2n) is 4.72. The van der Waals surface area contributed by atoms with Gasteiger partial charge in [-0.15, -0.1) is 11.8 Å². The molecule has 3 rings (SSSR count). The summed E-state index contributed by atoms with van der Waals surface area (Å²) in [6.07, 6.45) is 1.95. The normalized spacial score (nSPS) is 11.0. The lowest BCUT2D eigenvalue weighted by atomic mass is 10.1. The van der Waals surface area contributed by atoms with Crippen LogP contribution in [0, 0.1) is 0 Å². The van der Waals surface area contributed by atoms with E-state index in [0.29, 0.717) is 34.1 Å². The summed E-state index contributed by atoms with van der Waals surface area (Å²) in [7, 11) is 0. The summed E-state index contributed by atoms with van der Waals surface area (Å²) >= 11 is 1.57. The summed E-state index contributed by atoms with van der Waals surface area (Å²) in [6, 6.07) is 10.2. The van der Waals surface area contributed by atoms with Crippen molar-refractivity contribution in [1.82, 2.24) is 0 Å². The Bertz CT molecular complexity index is 927. The Morgan fingerprint density at radius 2 is 1.95 bits per heavy atom. The molecule has 0 radical (unpaired) electrons. The monoisotopic (exact) mass is 314 g/mol. The molecule has 0 unspecified atom stereocenters. The van der Waals surface area contributed by atoms with E-state index in [-0.39, 0.29) is 5.43 Å². The first-order chi connectivity index (χ1) is 10.6. The van der Waals surface area contributed by atoms with Gasteiger partial charge in [0.25, 0.3) is 0 Å². The highest BCUT2D eigenvalue weighted by atomic mass is 32.2. The number of carbonyl (C=O) groups excluding carboxylic acids is 1. The molecule has 0 saturated heterocycles. The van der Waals surface area contributed by atoms with Crippen LogP contribution in [0.25, 0.3) is 21.9 Å². The molecule has 0 fully saturated rings. The molecular formula is C17H14O4S. The first kappa shape index (κ1) is 14.7. The van der Waals surface area contributed by atoms with Gasteiger partial charge in [0.05, 0.1) is 22.9 Å². The fourth-order valence-electron chi connectivity index (χ4n) is 2.30. The molecule has 112 valence electrons. The molecule has 0 aliphatic rings. The molecule has 0 aliphatic carbocycles. The molecule has 0 saturated carbocycles. The topological polar surface area (TPSA) is 56.5 Å². The van der Waals surface area contributed by atoms with Gasteiger partial charge in [0.2, 0.25) is 5.43 Å². The van der Waals surface area contributed by atoms with Crippen LogP contribution >= 0.6 is 11.8 Å². The van der Waals surface area contributed by atoms with Crippen LogP contribution in [0.4, 0.5) is 0 Å². The Labute approximate surface area is 131 Å². The van der Waals surface area contributed by atoms with Crippen LogP contribution in [0.1, 0.15) is 17.3 Å². The Hall–Kier alpha value is -2.27. The van der Waals surface area contributed by atoms with E-state index in [4.69, 9.17) is 9.15 Å². The Morgan fingerprint density at radius 3 is 2.68 bits per heavy atom. The van der Waals surface area contributed by atoms with Crippen molar-refractivity contribution in [1.29, 1.82) is 0 Å². The molecular weight excluding hydrogens is 300 g/mol. The highest BCUT2D eigenvalue weighted by Gasteiger charge is 2.12. The Balaban J connectivity index is 2.24. The number of hydrogen-bond donors (Lipinski definition) is 0. The van der Waals surface area contributed by atoms with E-state index in [0.717, 1.165) is 4.90 Å². The van der Waals surface area contributed by atoms with Gasteiger partial charge in [-0.1, -0.05) is 0 Å². The summed E-state index contributed by atoms with van der Waals surface area (Å²) in [5.41, 5.74) is 1.18. The molecule has 0 aliphatic heterocycles. The molecule has 1 aromatic heterocycles. The minimum absolute atomic E-state index is 0.0949. The van der Waals surface area contributed by atoms with Gasteiger partial charge in [0.1, 0.15) is 11.2 Å². The number of rotatable bonds is 3. The molecule has 22 heavy (non-hydrogen) atoms. The lowest BCUT2D eigenvalue weighted by molar-refractivity contribution is 0.0526. The van der Waals surface area contributed by atoms with Crippen molar-refractivity contribution in [3.63, 3.8) is 0 Å². The average molecular weight is 314 g/mol. The largest absolute Gasteiger partial charge is 0.462 e. The van der Waals surface area contributed by atoms with Crippen LogP contribution in [0.3, 0.4) is 0 Å². The van der Waals surface area contributed by atoms with E-state index in [1.54, 1.807) is 43.0 Å². The van der Waals surface area contributed by atoms with Crippen molar-refractivity contribution in [2.45, 2.75) is 11.8 Å². The molecule has 2 aromatic carbocycles. The van der Waals surface area contributed by atoms with Crippen molar-refractivity contribution in [2.75, 3.05) is 12.9 Å². The van der Waals surface area contributed by atoms with E-state index in [1.165, 1.54) is 0 Å². The minimum atomic E-state index is -0.426. The van der Waals surface area contributed by atoms with Gasteiger partial charge < -0.3 is 9.15 Å². The maximum Gasteiger partial charge on any atom is 0.338 e. The number of benzene rings is 2. The van der Waals surface area contributed by atoms with Gasteiger partial charge in [-0.3, -0.25) is 4.79 Å². The summed E-state index contributed by atoms with van der Waals surface area (Å²) in [4.78, 5) is 25.4. The van der Waals surface area contributed by atoms with Crippen LogP contribution in [0.5, 0.6) is 0 Å². The predicted molar refractivity (Wildman–Crippen MR) is 87.7 cm³/mol. The van der Waals surface area contributed by atoms with E-state index in [9.17, 15) is 9.59 Å². The van der Waals surface area contributed by atoms with E-state index >= 15 is 0 Å². The second kappa shape index (κ2) is 5.85. The third kappa shape index (κ3) is 2.48. The number of hydrogen-bond acceptors (Lipinski definition) is 5. The SMILES string of the molecule is CCOC(=O)c1ccc2c(=O)c3cc(SC)ccc3oc2c1. The summed E-state index contributed by atoms with van der Waals surface area (Å²) < 4.78 is 10.7. The number of ether oxygens (including phenoxy) is 1. The first-order valence-corrected chi connectivity index (χ1v) is 8.08. The van der Waals surface area contributed by atoms with Crippen LogP contribution in [0.2, 0.25) is 0 Å². The number of thioether (sulfide) groups is 1. The van der Waals surface area contributed by atoms with Gasteiger partial charge in [-0.25, -0.2) is 4.79 Å². The van der Waals surface area contributed by atoms with Gasteiger partial charge in [-0.2, -0.15) is 0 Å². The quantitative estimate of drug-likeness (QED) is 0.417. The number of carbonyl (C=O) groups is 1. The second-order valence-corrected chi connectivity index (χ2v) is 5.60. The van der Waals surface area contributed by atoms with Crippen molar-refractivity contribution in [3.8, 4) is 0 Å². The molecule has 0 atom stereocenters. The van der Waals surface area contributed by atoms with Gasteiger partial charge in [0, 0.05) is 4.90 Å². The lowest BCUT2D eigenvalue weighted by Gasteiger charge is -2.05. The van der Waals surface area contributed by atoms with Crippen molar-refractivity contribution in [3.05, 3.63) is 52.2 Å². The maximum atomic E-state index is 12.6. The van der Waals surface area contributed by atoms with E-state index in [2.05, 4.69) is 0 Å². The van der Waals surface area contributed by atoms with Gasteiger partial charge in [0.15, 0.2) is 0 Å². The fourth-order valence-corrected chi connectivity index (χ4v) is 2.74. The standard InChI is InChI=1S/C17H14O4S/c1-3-20-17(19)10-4-6-12-15(8-10)21-14-7-5-11(22-2)9-13(14)16(12)18/h4-9H,3H2,1-2H3. The molecule has 3 aromatic rings. The van der Waals surface area contributed by atoms with Crippen LogP contribution in [-0.2, 0) is 4.74 Å². The third-order valence-corrected chi connectivity index (χ3v) is 4.11. The number of fused-ring (bicyclic) bond motifs is 2. The molecule has 0 spiro atoms. The molecule has 0 N–H and O–H groups in total. The maximum absolute atomic E-state index is 12.6. The smallest absolute Gasteiger partial charge is 0.338 e. The van der Waals surface area contributed by atoms with Crippen molar-refractivity contribution in [2.24, 2.45) is 0 Å².